The number of ketones is 1. The van der Waals surface area contributed by atoms with Gasteiger partial charge in [0.2, 0.25) is 0 Å². The lowest BCUT2D eigenvalue weighted by Crippen LogP contribution is -1.95. The second kappa shape index (κ2) is 12.4. The molecule has 1 nitrogen and oxygen atoms in total. The molecule has 0 atom stereocenters. The Balaban J connectivity index is 0.000000396. The van der Waals surface area contributed by atoms with E-state index in [-0.39, 0.29) is 16.6 Å². The van der Waals surface area contributed by atoms with Crippen molar-refractivity contribution in [3.63, 3.8) is 0 Å². The Morgan fingerprint density at radius 2 is 1.65 bits per heavy atom. The van der Waals surface area contributed by atoms with Crippen molar-refractivity contribution in [3.8, 4) is 0 Å². The Hall–Kier alpha value is 0.870. The molecule has 0 saturated carbocycles. The predicted molar refractivity (Wildman–Crippen MR) is 105 cm³/mol. The van der Waals surface area contributed by atoms with Crippen LogP contribution in [-0.4, -0.2) is 5.78 Å². The van der Waals surface area contributed by atoms with Crippen molar-refractivity contribution in [3.05, 3.63) is 34.1 Å². The second-order valence-corrected chi connectivity index (χ2v) is 14.1. The van der Waals surface area contributed by atoms with Gasteiger partial charge in [-0.15, -0.1) is 0 Å². The fraction of sp³-hybridized carbons (Fsp3) is 0.222. The van der Waals surface area contributed by atoms with E-state index in [1.165, 1.54) is 30.8 Å². The van der Waals surface area contributed by atoms with Gasteiger partial charge in [0.15, 0.2) is 5.78 Å². The molecule has 1 aromatic carbocycles. The highest BCUT2D eigenvalue weighted by atomic mass is 35.5. The summed E-state index contributed by atoms with van der Waals surface area (Å²) in [6.45, 7) is 3.00. The molecule has 0 N–H and O–H groups in total. The first-order valence-corrected chi connectivity index (χ1v) is 14.4. The van der Waals surface area contributed by atoms with Gasteiger partial charge in [-0.1, -0.05) is 11.6 Å². The van der Waals surface area contributed by atoms with E-state index in [1.54, 1.807) is 42.4 Å². The monoisotopic (exact) mass is 442 g/mol. The molecule has 0 amide bonds. The van der Waals surface area contributed by atoms with Crippen molar-refractivity contribution in [1.29, 1.82) is 0 Å². The first-order chi connectivity index (χ1) is 9.43. The van der Waals surface area contributed by atoms with Crippen LogP contribution >= 0.6 is 11.6 Å². The first-order valence-electron chi connectivity index (χ1n) is 4.65. The van der Waals surface area contributed by atoms with Crippen molar-refractivity contribution in [2.75, 3.05) is 0 Å². The largest absolute Gasteiger partial charge is 0.294 e. The number of carbonyl (C=O) groups excluding carboxylic acids is 1. The Kier molecular flexibility index (Phi) is 13.0. The molecule has 0 aliphatic rings. The third-order valence-electron chi connectivity index (χ3n) is 1.77. The van der Waals surface area contributed by atoms with Gasteiger partial charge in [0.1, 0.15) is 5.82 Å². The average Bonchev–Trinajstić information content (AvgIpc) is 2.39. The minimum Gasteiger partial charge on any atom is -0.294 e. The Morgan fingerprint density at radius 3 is 2.05 bits per heavy atom. The zero-order valence-electron chi connectivity index (χ0n) is 10.1. The van der Waals surface area contributed by atoms with E-state index in [9.17, 15) is 9.18 Å². The average molecular weight is 443 g/mol. The number of hydrogen-bond acceptors (Lipinski definition) is 3. The van der Waals surface area contributed by atoms with Crippen LogP contribution in [-0.2, 0) is 75.7 Å². The van der Waals surface area contributed by atoms with Crippen LogP contribution in [0.2, 0.25) is 5.02 Å². The zero-order valence-corrected chi connectivity index (χ0v) is 17.4. The van der Waals surface area contributed by atoms with E-state index in [1.807, 2.05) is 0 Å². The standard InChI is InChI=1S/C9H8ClFO.S8/c1-5-3-7(6(2)12)8(10)4-9(5)11;1-3-5-7-8-6-4-2/h3-4H,1-2H3;. The third kappa shape index (κ3) is 9.00. The van der Waals surface area contributed by atoms with Gasteiger partial charge in [0.25, 0.3) is 0 Å². The topological polar surface area (TPSA) is 17.1 Å². The van der Waals surface area contributed by atoms with E-state index in [4.69, 9.17) is 11.6 Å². The van der Waals surface area contributed by atoms with Gasteiger partial charge in [-0.3, -0.25) is 4.79 Å². The molecule has 0 aromatic heterocycles. The van der Waals surface area contributed by atoms with E-state index >= 15 is 0 Å². The maximum absolute atomic E-state index is 12.8. The van der Waals surface area contributed by atoms with Crippen LogP contribution in [0.4, 0.5) is 4.39 Å². The first kappa shape index (κ1) is 20.9. The number of halogens is 2. The van der Waals surface area contributed by atoms with E-state index in [2.05, 4.69) is 22.4 Å². The summed E-state index contributed by atoms with van der Waals surface area (Å²) >= 11 is 14.8. The summed E-state index contributed by atoms with van der Waals surface area (Å²) in [5.74, 6) is -0.534. The minimum absolute atomic E-state index is 0.150. The van der Waals surface area contributed by atoms with Gasteiger partial charge in [0.05, 0.1) is 5.02 Å². The highest BCUT2D eigenvalue weighted by Gasteiger charge is 2.08. The van der Waals surface area contributed by atoms with Gasteiger partial charge >= 0.3 is 0 Å². The molecule has 0 heterocycles. The highest BCUT2D eigenvalue weighted by Crippen LogP contribution is 2.20. The van der Waals surface area contributed by atoms with Crippen LogP contribution in [0.3, 0.4) is 0 Å². The summed E-state index contributed by atoms with van der Waals surface area (Å²) in [5, 5.41) is 0.172. The molecular formula is C9H8ClFOS8. The normalized spacial score (nSPS) is 8.60. The summed E-state index contributed by atoms with van der Waals surface area (Å²) < 4.78 is 12.8. The summed E-state index contributed by atoms with van der Waals surface area (Å²) in [7, 11) is 9.12. The number of Topliss-reactive ketones (excluding diaryl/α,β-unsaturated/α-hetero) is 1. The molecule has 11 heteroatoms. The summed E-state index contributed by atoms with van der Waals surface area (Å²) in [6, 6.07) is 2.62. The van der Waals surface area contributed by atoms with Gasteiger partial charge in [-0.05, 0) is 31.5 Å². The molecule has 0 saturated heterocycles. The lowest BCUT2D eigenvalue weighted by molar-refractivity contribution is 0.101. The fourth-order valence-corrected chi connectivity index (χ4v) is 12.2. The molecule has 20 heavy (non-hydrogen) atoms. The van der Waals surface area contributed by atoms with Gasteiger partial charge < -0.3 is 0 Å². The number of hydrogen-bond donors (Lipinski definition) is 0. The summed E-state index contributed by atoms with van der Waals surface area (Å²) in [6.07, 6.45) is 0. The van der Waals surface area contributed by atoms with Crippen LogP contribution < -0.4 is 0 Å². The Morgan fingerprint density at radius 1 is 1.15 bits per heavy atom. The molecule has 112 valence electrons. The number of rotatable bonds is 1. The summed E-state index contributed by atoms with van der Waals surface area (Å²) in [5.41, 5.74) is 0.806. The van der Waals surface area contributed by atoms with Crippen LogP contribution in [0.15, 0.2) is 12.1 Å². The molecular weight excluding hydrogens is 435 g/mol. The lowest BCUT2D eigenvalue weighted by Gasteiger charge is -2.02. The molecule has 0 aliphatic heterocycles. The zero-order chi connectivity index (χ0) is 15.5. The van der Waals surface area contributed by atoms with Crippen LogP contribution in [0, 0.1) is 12.7 Å². The van der Waals surface area contributed by atoms with Gasteiger partial charge in [-0.2, -0.15) is 0 Å². The van der Waals surface area contributed by atoms with E-state index in [0.29, 0.717) is 11.1 Å². The highest BCUT2D eigenvalue weighted by molar-refractivity contribution is 8.70. The maximum Gasteiger partial charge on any atom is 0.161 e. The molecule has 0 radical (unpaired) electrons. The summed E-state index contributed by atoms with van der Waals surface area (Å²) in [4.78, 5) is 10.9. The van der Waals surface area contributed by atoms with E-state index in [0.717, 1.165) is 6.07 Å². The van der Waals surface area contributed by atoms with Crippen molar-refractivity contribution in [1.82, 2.24) is 0 Å². The van der Waals surface area contributed by atoms with E-state index < -0.39 is 0 Å². The number of benzene rings is 1. The molecule has 1 rings (SSSR count). The smallest absolute Gasteiger partial charge is 0.161 e. The van der Waals surface area contributed by atoms with Gasteiger partial charge in [-0.25, -0.2) is 4.39 Å². The fourth-order valence-electron chi connectivity index (χ4n) is 0.972. The number of carbonyl (C=O) groups is 1. The molecule has 0 fully saturated rings. The minimum atomic E-state index is -0.384. The SMILES string of the molecule is CC(=O)c1cc(C)c(F)cc1Cl.S=S=S=S=S=S=S=S. The molecule has 0 aliphatic carbocycles. The number of aryl methyl sites for hydroxylation is 1. The van der Waals surface area contributed by atoms with Gasteiger partial charge in [0, 0.05) is 81.2 Å². The Labute approximate surface area is 148 Å². The van der Waals surface area contributed by atoms with Crippen molar-refractivity contribution in [2.24, 2.45) is 0 Å². The third-order valence-corrected chi connectivity index (χ3v) is 13.2. The van der Waals surface area contributed by atoms with Crippen LogP contribution in [0.1, 0.15) is 22.8 Å². The van der Waals surface area contributed by atoms with Crippen molar-refractivity contribution >= 4 is 93.0 Å². The maximum atomic E-state index is 12.8. The molecule has 0 spiro atoms. The van der Waals surface area contributed by atoms with Crippen molar-refractivity contribution < 1.29 is 9.18 Å². The van der Waals surface area contributed by atoms with Crippen molar-refractivity contribution in [2.45, 2.75) is 13.8 Å². The molecule has 0 unspecified atom stereocenters. The van der Waals surface area contributed by atoms with Crippen LogP contribution in [0.25, 0.3) is 0 Å². The van der Waals surface area contributed by atoms with Crippen LogP contribution in [0.5, 0.6) is 0 Å². The quantitative estimate of drug-likeness (QED) is 0.622. The molecule has 1 aromatic rings. The second-order valence-electron chi connectivity index (χ2n) is 3.05. The predicted octanol–water partition coefficient (Wildman–Crippen LogP) is 2.97. The Bertz CT molecular complexity index is 711. The lowest BCUT2D eigenvalue weighted by atomic mass is 10.1. The molecule has 0 bridgehead atoms.